The van der Waals surface area contributed by atoms with Crippen molar-refractivity contribution >= 4 is 29.3 Å². The lowest BCUT2D eigenvalue weighted by atomic mass is 10.1. The maximum absolute atomic E-state index is 10.8. The number of halogens is 1. The number of rotatable bonds is 4. The second-order valence-electron chi connectivity index (χ2n) is 3.58. The third-order valence-electron chi connectivity index (χ3n) is 2.45. The summed E-state index contributed by atoms with van der Waals surface area (Å²) < 4.78 is 10.2. The first-order valence-electron chi connectivity index (χ1n) is 5.18. The number of hydrogen-bond donors (Lipinski definition) is 1. The Hall–Kier alpha value is -1.66. The summed E-state index contributed by atoms with van der Waals surface area (Å²) in [6.07, 6.45) is 1.89. The van der Waals surface area contributed by atoms with Gasteiger partial charge in [-0.25, -0.2) is 4.79 Å². The molecule has 19 heavy (non-hydrogen) atoms. The van der Waals surface area contributed by atoms with Gasteiger partial charge in [-0.1, -0.05) is 16.8 Å². The molecule has 100 valence electrons. The van der Waals surface area contributed by atoms with Gasteiger partial charge in [-0.05, 0) is 18.4 Å². The maximum Gasteiger partial charge on any atom is 0.358 e. The first-order valence-corrected chi connectivity index (χ1v) is 6.79. The van der Waals surface area contributed by atoms with Crippen molar-refractivity contribution in [3.8, 4) is 17.1 Å². The predicted molar refractivity (Wildman–Crippen MR) is 72.2 cm³/mol. The van der Waals surface area contributed by atoms with Crippen LogP contribution < -0.4 is 4.74 Å². The van der Waals surface area contributed by atoms with Crippen LogP contribution in [0.4, 0.5) is 0 Å². The molecule has 0 saturated heterocycles. The van der Waals surface area contributed by atoms with Gasteiger partial charge in [-0.3, -0.25) is 0 Å². The Balaban J connectivity index is 2.50. The van der Waals surface area contributed by atoms with Crippen molar-refractivity contribution < 1.29 is 19.2 Å². The Morgan fingerprint density at radius 2 is 2.21 bits per heavy atom. The molecule has 1 aromatic heterocycles. The van der Waals surface area contributed by atoms with Crippen molar-refractivity contribution in [2.24, 2.45) is 0 Å². The van der Waals surface area contributed by atoms with Crippen LogP contribution in [-0.4, -0.2) is 29.6 Å². The molecule has 0 bridgehead atoms. The molecule has 1 aromatic carbocycles. The molecule has 0 unspecified atom stereocenters. The van der Waals surface area contributed by atoms with Crippen molar-refractivity contribution in [1.29, 1.82) is 0 Å². The molecular weight excluding hydrogens is 290 g/mol. The molecule has 1 heterocycles. The molecule has 0 aliphatic rings. The third-order valence-corrected chi connectivity index (χ3v) is 3.47. The molecule has 0 spiro atoms. The highest BCUT2D eigenvalue weighted by Crippen LogP contribution is 2.38. The fraction of sp³-hybridized carbons (Fsp3) is 0.167. The molecule has 0 aliphatic heterocycles. The molecular formula is C12H10ClNO4S. The zero-order valence-electron chi connectivity index (χ0n) is 10.1. The lowest BCUT2D eigenvalue weighted by molar-refractivity contribution is 0.0686. The van der Waals surface area contributed by atoms with Gasteiger partial charge in [0.15, 0.2) is 17.2 Å². The topological polar surface area (TPSA) is 72.6 Å². The molecule has 0 saturated carbocycles. The van der Waals surface area contributed by atoms with Gasteiger partial charge in [0, 0.05) is 11.6 Å². The van der Waals surface area contributed by atoms with Crippen molar-refractivity contribution in [2.45, 2.75) is 4.90 Å². The second kappa shape index (κ2) is 5.54. The Labute approximate surface area is 118 Å². The molecule has 1 N–H and O–H groups in total. The fourth-order valence-electron chi connectivity index (χ4n) is 1.57. The second-order valence-corrected chi connectivity index (χ2v) is 4.83. The minimum absolute atomic E-state index is 0.146. The molecule has 0 radical (unpaired) electrons. The van der Waals surface area contributed by atoms with Crippen molar-refractivity contribution in [3.63, 3.8) is 0 Å². The van der Waals surface area contributed by atoms with Gasteiger partial charge in [0.2, 0.25) is 0 Å². The average molecular weight is 300 g/mol. The first kappa shape index (κ1) is 13.8. The number of ether oxygens (including phenoxy) is 1. The van der Waals surface area contributed by atoms with Crippen LogP contribution in [0.2, 0.25) is 5.02 Å². The molecule has 0 amide bonds. The molecule has 2 aromatic rings. The van der Waals surface area contributed by atoms with Gasteiger partial charge in [0.1, 0.15) is 0 Å². The van der Waals surface area contributed by atoms with Crippen LogP contribution in [0.15, 0.2) is 27.6 Å². The Kier molecular flexibility index (Phi) is 4.01. The Morgan fingerprint density at radius 1 is 1.47 bits per heavy atom. The summed E-state index contributed by atoms with van der Waals surface area (Å²) in [6, 6.07) is 4.80. The summed E-state index contributed by atoms with van der Waals surface area (Å²) in [5, 5.41) is 12.7. The quantitative estimate of drug-likeness (QED) is 0.872. The minimum Gasteiger partial charge on any atom is -0.494 e. The van der Waals surface area contributed by atoms with Crippen LogP contribution in [0, 0.1) is 0 Å². The average Bonchev–Trinajstić information content (AvgIpc) is 2.87. The van der Waals surface area contributed by atoms with E-state index in [-0.39, 0.29) is 5.69 Å². The number of carbonyl (C=O) groups is 1. The zero-order valence-corrected chi connectivity index (χ0v) is 11.7. The highest BCUT2D eigenvalue weighted by molar-refractivity contribution is 7.98. The van der Waals surface area contributed by atoms with E-state index in [0.29, 0.717) is 22.1 Å². The van der Waals surface area contributed by atoms with Crippen molar-refractivity contribution in [1.82, 2.24) is 5.16 Å². The predicted octanol–water partition coefficient (Wildman–Crippen LogP) is 3.42. The number of carboxylic acids is 1. The highest BCUT2D eigenvalue weighted by Gasteiger charge is 2.16. The monoisotopic (exact) mass is 299 g/mol. The summed E-state index contributed by atoms with van der Waals surface area (Å²) in [4.78, 5) is 11.6. The van der Waals surface area contributed by atoms with Gasteiger partial charge >= 0.3 is 5.97 Å². The van der Waals surface area contributed by atoms with Gasteiger partial charge in [-0.2, -0.15) is 0 Å². The standard InChI is InChI=1S/C12H10ClNO4S/c1-17-11-7(13)3-6(4-10(11)19-2)9-5-8(12(15)16)14-18-9/h3-5H,1-2H3,(H,15,16). The number of methoxy groups -OCH3 is 1. The third kappa shape index (κ3) is 2.69. The van der Waals surface area contributed by atoms with E-state index >= 15 is 0 Å². The van der Waals surface area contributed by atoms with E-state index in [1.807, 2.05) is 12.3 Å². The molecule has 0 fully saturated rings. The highest BCUT2D eigenvalue weighted by atomic mass is 35.5. The summed E-state index contributed by atoms with van der Waals surface area (Å²) >= 11 is 7.58. The van der Waals surface area contributed by atoms with Gasteiger partial charge in [0.25, 0.3) is 0 Å². The Morgan fingerprint density at radius 3 is 2.74 bits per heavy atom. The van der Waals surface area contributed by atoms with E-state index < -0.39 is 5.97 Å². The van der Waals surface area contributed by atoms with Crippen LogP contribution in [0.25, 0.3) is 11.3 Å². The van der Waals surface area contributed by atoms with Crippen LogP contribution in [0.3, 0.4) is 0 Å². The van der Waals surface area contributed by atoms with E-state index in [1.165, 1.54) is 24.9 Å². The first-order chi connectivity index (χ1) is 9.06. The van der Waals surface area contributed by atoms with E-state index in [4.69, 9.17) is 26.0 Å². The minimum atomic E-state index is -1.14. The zero-order chi connectivity index (χ0) is 14.0. The van der Waals surface area contributed by atoms with Gasteiger partial charge in [0.05, 0.1) is 17.0 Å². The van der Waals surface area contributed by atoms with Gasteiger partial charge in [-0.15, -0.1) is 11.8 Å². The molecule has 5 nitrogen and oxygen atoms in total. The van der Waals surface area contributed by atoms with Crippen molar-refractivity contribution in [2.75, 3.05) is 13.4 Å². The smallest absolute Gasteiger partial charge is 0.358 e. The van der Waals surface area contributed by atoms with Crippen molar-refractivity contribution in [3.05, 3.63) is 28.9 Å². The summed E-state index contributed by atoms with van der Waals surface area (Å²) in [7, 11) is 1.54. The maximum atomic E-state index is 10.8. The lowest BCUT2D eigenvalue weighted by Crippen LogP contribution is -1.94. The number of nitrogens with zero attached hydrogens (tertiary/aromatic N) is 1. The van der Waals surface area contributed by atoms with E-state index in [2.05, 4.69) is 5.16 Å². The Bertz CT molecular complexity index is 626. The molecule has 7 heteroatoms. The van der Waals surface area contributed by atoms with E-state index in [1.54, 1.807) is 6.07 Å². The number of hydrogen-bond acceptors (Lipinski definition) is 5. The number of aromatic nitrogens is 1. The summed E-state index contributed by atoms with van der Waals surface area (Å²) in [5.74, 6) is -0.215. The lowest BCUT2D eigenvalue weighted by Gasteiger charge is -2.09. The van der Waals surface area contributed by atoms with Crippen LogP contribution >= 0.6 is 23.4 Å². The summed E-state index contributed by atoms with van der Waals surface area (Å²) in [5.41, 5.74) is 0.503. The number of benzene rings is 1. The summed E-state index contributed by atoms with van der Waals surface area (Å²) in [6.45, 7) is 0. The van der Waals surface area contributed by atoms with Crippen LogP contribution in [0.5, 0.6) is 5.75 Å². The number of thioether (sulfide) groups is 1. The van der Waals surface area contributed by atoms with Crippen LogP contribution in [0.1, 0.15) is 10.5 Å². The van der Waals surface area contributed by atoms with Crippen LogP contribution in [-0.2, 0) is 0 Å². The number of carboxylic acid groups (broad SMARTS) is 1. The number of aromatic carboxylic acids is 1. The molecule has 2 rings (SSSR count). The largest absolute Gasteiger partial charge is 0.494 e. The molecule has 0 aliphatic carbocycles. The normalized spacial score (nSPS) is 10.5. The molecule has 0 atom stereocenters. The van der Waals surface area contributed by atoms with Gasteiger partial charge < -0.3 is 14.4 Å². The SMILES string of the molecule is COc1c(Cl)cc(-c2cc(C(=O)O)no2)cc1SC. The van der Waals surface area contributed by atoms with E-state index in [0.717, 1.165) is 4.90 Å². The van der Waals surface area contributed by atoms with E-state index in [9.17, 15) is 4.79 Å². The fourth-order valence-corrected chi connectivity index (χ4v) is 2.55.